The van der Waals surface area contributed by atoms with Crippen molar-refractivity contribution in [1.82, 2.24) is 4.90 Å². The van der Waals surface area contributed by atoms with E-state index in [2.05, 4.69) is 0 Å². The Hall–Kier alpha value is -1.39. The number of carboxylic acids is 3. The van der Waals surface area contributed by atoms with Crippen LogP contribution in [0.2, 0.25) is 0 Å². The third kappa shape index (κ3) is 16.6. The van der Waals surface area contributed by atoms with Crippen LogP contribution in [0, 0.1) is 5.41 Å². The van der Waals surface area contributed by atoms with E-state index in [-0.39, 0.29) is 50.2 Å². The molecule has 0 heterocycles. The summed E-state index contributed by atoms with van der Waals surface area (Å²) in [7, 11) is 1.44. The normalized spacial score (nSPS) is 8.25. The Morgan fingerprint density at radius 1 is 1.05 bits per heavy atom. The van der Waals surface area contributed by atoms with Gasteiger partial charge in [0.15, 0.2) is 5.96 Å². The number of nitrogens with one attached hydrogen (secondary N) is 1. The molecule has 0 radical (unpaired) electrons. The van der Waals surface area contributed by atoms with Crippen LogP contribution < -0.4 is 5.73 Å². The van der Waals surface area contributed by atoms with Crippen LogP contribution in [0.1, 0.15) is 12.8 Å². The van der Waals surface area contributed by atoms with Crippen LogP contribution in [0.3, 0.4) is 0 Å². The molecule has 0 saturated carbocycles. The van der Waals surface area contributed by atoms with Gasteiger partial charge in [0.05, 0.1) is 6.42 Å². The summed E-state index contributed by atoms with van der Waals surface area (Å²) < 4.78 is 0. The molecule has 0 unspecified atom stereocenters. The third-order valence-corrected chi connectivity index (χ3v) is 1.59. The van der Waals surface area contributed by atoms with Crippen LogP contribution in [-0.2, 0) is 19.2 Å². The minimum Gasteiger partial charge on any atom is -0.481 e. The van der Waals surface area contributed by atoms with E-state index in [9.17, 15) is 19.2 Å². The van der Waals surface area contributed by atoms with Crippen LogP contribution in [-0.4, -0.2) is 101 Å². The summed E-state index contributed by atoms with van der Waals surface area (Å²) in [6.07, 6.45) is -0.865. The molecule has 11 heteroatoms. The molecule has 10 nitrogen and oxygen atoms in total. The van der Waals surface area contributed by atoms with Crippen molar-refractivity contribution < 1.29 is 34.5 Å². The first-order chi connectivity index (χ1) is 8.57. The van der Waals surface area contributed by atoms with Gasteiger partial charge < -0.3 is 26.0 Å². The maximum atomic E-state index is 10.2. The minimum atomic E-state index is -1.58. The van der Waals surface area contributed by atoms with Gasteiger partial charge in [-0.05, 0) is 0 Å². The number of nitrogens with two attached hydrogens (primary N) is 1. The number of hydrogen-bond donors (Lipinski definition) is 5. The summed E-state index contributed by atoms with van der Waals surface area (Å²) in [5, 5.41) is 30.8. The van der Waals surface area contributed by atoms with Crippen molar-refractivity contribution in [3.8, 4) is 0 Å². The number of nitrogens with zero attached hydrogens (tertiary/aromatic N) is 1. The van der Waals surface area contributed by atoms with Crippen molar-refractivity contribution in [3.63, 3.8) is 0 Å². The molecule has 0 aliphatic heterocycles. The number of hydrogen-bond acceptors (Lipinski definition) is 5. The van der Waals surface area contributed by atoms with E-state index >= 15 is 0 Å². The molecule has 0 aliphatic carbocycles. The monoisotopic (exact) mass is 317 g/mol. The first-order valence-electron chi connectivity index (χ1n) is 4.82. The number of rotatable bonds is 6. The van der Waals surface area contributed by atoms with E-state index in [1.807, 2.05) is 0 Å². The standard InChI is InChI=1S/C5H6O5.C4H9N3O2.Ca/c6-3(5(9)10)1-2-4(7)8;1-7(4(5)6)2-3(8)9;/h1-2H2,(H,7,8)(H,9,10);2H2,1H3,(H3,5,6)(H,8,9);/q;;+2. The number of likely N-dealkylation sites (N-methyl/N-ethyl adjacent to an activating group) is 1. The molecule has 20 heavy (non-hydrogen) atoms. The fraction of sp³-hybridized carbons (Fsp3) is 0.444. The summed E-state index contributed by atoms with van der Waals surface area (Å²) in [6, 6.07) is 0. The summed E-state index contributed by atoms with van der Waals surface area (Å²) >= 11 is 0. The summed E-state index contributed by atoms with van der Waals surface area (Å²) in [5.74, 6) is -5.05. The average molecular weight is 317 g/mol. The van der Waals surface area contributed by atoms with Gasteiger partial charge in [0.2, 0.25) is 5.78 Å². The van der Waals surface area contributed by atoms with Gasteiger partial charge >= 0.3 is 55.6 Å². The van der Waals surface area contributed by atoms with E-state index in [1.54, 1.807) is 0 Å². The Morgan fingerprint density at radius 2 is 1.50 bits per heavy atom. The quantitative estimate of drug-likeness (QED) is 0.160. The summed E-state index contributed by atoms with van der Waals surface area (Å²) in [4.78, 5) is 40.8. The van der Waals surface area contributed by atoms with Gasteiger partial charge in [-0.2, -0.15) is 0 Å². The number of Topliss-reactive ketones (excluding diaryl/α,β-unsaturated/α-hetero) is 1. The molecular weight excluding hydrogens is 302 g/mol. The van der Waals surface area contributed by atoms with Crippen LogP contribution in [0.15, 0.2) is 0 Å². The van der Waals surface area contributed by atoms with Crippen LogP contribution in [0.4, 0.5) is 0 Å². The van der Waals surface area contributed by atoms with Gasteiger partial charge in [-0.1, -0.05) is 0 Å². The Labute approximate surface area is 144 Å². The fourth-order valence-corrected chi connectivity index (χ4v) is 0.615. The first kappa shape index (κ1) is 23.7. The molecule has 0 aromatic rings. The van der Waals surface area contributed by atoms with Gasteiger partial charge in [0.25, 0.3) is 0 Å². The number of carbonyl (C=O) groups excluding carboxylic acids is 1. The maximum Gasteiger partial charge on any atom is 2.00 e. The predicted octanol–water partition coefficient (Wildman–Crippen LogP) is -1.98. The first-order valence-corrected chi connectivity index (χ1v) is 4.82. The van der Waals surface area contributed by atoms with Crippen molar-refractivity contribution in [2.75, 3.05) is 13.6 Å². The van der Waals surface area contributed by atoms with Crippen molar-refractivity contribution >= 4 is 67.4 Å². The van der Waals surface area contributed by atoms with Crippen LogP contribution in [0.25, 0.3) is 0 Å². The largest absolute Gasteiger partial charge is 2.00 e. The van der Waals surface area contributed by atoms with E-state index < -0.39 is 36.5 Å². The Morgan fingerprint density at radius 3 is 1.70 bits per heavy atom. The SMILES string of the molecule is CN(CC(=O)O)C(=N)N.O=C(O)CCC(=O)C(=O)O.[Ca+2]. The summed E-state index contributed by atoms with van der Waals surface area (Å²) in [5.41, 5.74) is 4.93. The second-order valence-corrected chi connectivity index (χ2v) is 3.26. The van der Waals surface area contributed by atoms with Crippen LogP contribution in [0.5, 0.6) is 0 Å². The van der Waals surface area contributed by atoms with Gasteiger partial charge in [-0.15, -0.1) is 0 Å². The Balaban J connectivity index is -0.000000277. The molecule has 0 fully saturated rings. The van der Waals surface area contributed by atoms with Gasteiger partial charge in [0.1, 0.15) is 6.54 Å². The van der Waals surface area contributed by atoms with E-state index in [0.29, 0.717) is 0 Å². The molecule has 0 aromatic carbocycles. The zero-order valence-electron chi connectivity index (χ0n) is 10.8. The van der Waals surface area contributed by atoms with Crippen molar-refractivity contribution in [3.05, 3.63) is 0 Å². The third-order valence-electron chi connectivity index (χ3n) is 1.59. The topological polar surface area (TPSA) is 182 Å². The van der Waals surface area contributed by atoms with E-state index in [1.165, 1.54) is 7.05 Å². The zero-order valence-corrected chi connectivity index (χ0v) is 13.0. The molecule has 0 aliphatic rings. The van der Waals surface area contributed by atoms with Gasteiger partial charge in [-0.25, -0.2) is 4.79 Å². The molecule has 108 valence electrons. The molecule has 6 N–H and O–H groups in total. The molecular formula is C9H15CaN3O7+2. The van der Waals surface area contributed by atoms with E-state index in [4.69, 9.17) is 26.5 Å². The number of carboxylic acid groups (broad SMARTS) is 3. The Kier molecular flexibility index (Phi) is 15.0. The van der Waals surface area contributed by atoms with Gasteiger partial charge in [0, 0.05) is 13.5 Å². The second kappa shape index (κ2) is 12.6. The zero-order chi connectivity index (χ0) is 15.6. The maximum absolute atomic E-state index is 10.2. The molecule has 0 bridgehead atoms. The predicted molar refractivity (Wildman–Crippen MR) is 67.4 cm³/mol. The molecule has 0 atom stereocenters. The minimum absolute atomic E-state index is 0. The van der Waals surface area contributed by atoms with Gasteiger partial charge in [-0.3, -0.25) is 19.8 Å². The Bertz CT molecular complexity index is 386. The van der Waals surface area contributed by atoms with Crippen molar-refractivity contribution in [2.45, 2.75) is 12.8 Å². The average Bonchev–Trinajstić information content (AvgIpc) is 2.25. The molecule has 0 spiro atoms. The molecule has 0 aromatic heterocycles. The second-order valence-electron chi connectivity index (χ2n) is 3.26. The molecule has 0 rings (SSSR count). The van der Waals surface area contributed by atoms with Crippen LogP contribution >= 0.6 is 0 Å². The molecule has 0 saturated heterocycles. The fourth-order valence-electron chi connectivity index (χ4n) is 0.615. The summed E-state index contributed by atoms with van der Waals surface area (Å²) in [6.45, 7) is -0.227. The number of ketones is 1. The number of carbonyl (C=O) groups is 4. The smallest absolute Gasteiger partial charge is 0.481 e. The van der Waals surface area contributed by atoms with Crippen molar-refractivity contribution in [1.29, 1.82) is 5.41 Å². The molecule has 0 amide bonds. The number of aliphatic carboxylic acids is 3. The number of guanidine groups is 1. The van der Waals surface area contributed by atoms with Crippen molar-refractivity contribution in [2.24, 2.45) is 5.73 Å². The van der Waals surface area contributed by atoms with E-state index in [0.717, 1.165) is 4.90 Å².